The number of aryl methyl sites for hydroxylation is 1. The van der Waals surface area contributed by atoms with E-state index in [0.717, 1.165) is 11.1 Å². The number of nitriles is 1. The maximum absolute atomic E-state index is 15.1. The molecule has 0 spiro atoms. The number of nitrogens with one attached hydrogen (secondary N) is 2. The molecule has 0 amide bonds. The first-order valence-electron chi connectivity index (χ1n) is 9.64. The molecule has 8 heteroatoms. The molecule has 3 aromatic carbocycles. The van der Waals surface area contributed by atoms with Crippen LogP contribution in [0, 0.1) is 34.9 Å². The third-order valence-corrected chi connectivity index (χ3v) is 5.17. The van der Waals surface area contributed by atoms with Gasteiger partial charge in [-0.1, -0.05) is 54.1 Å². The Labute approximate surface area is 200 Å². The topological polar surface area (TPSA) is 89.9 Å². The number of nitrogens with zero attached hydrogens (tertiary/aromatic N) is 1. The van der Waals surface area contributed by atoms with Crippen LogP contribution in [0.1, 0.15) is 27.8 Å². The van der Waals surface area contributed by atoms with Gasteiger partial charge in [0.2, 0.25) is 5.90 Å². The highest BCUT2D eigenvalue weighted by molar-refractivity contribution is 6.32. The highest BCUT2D eigenvalue weighted by atomic mass is 35.5. The minimum Gasteiger partial charge on any atom is -0.453 e. The van der Waals surface area contributed by atoms with Crippen molar-refractivity contribution in [3.63, 3.8) is 0 Å². The summed E-state index contributed by atoms with van der Waals surface area (Å²) in [4.78, 5) is 0. The zero-order valence-corrected chi connectivity index (χ0v) is 19.0. The van der Waals surface area contributed by atoms with E-state index in [1.54, 1.807) is 18.2 Å². The van der Waals surface area contributed by atoms with Crippen LogP contribution in [0.25, 0.3) is 6.08 Å². The normalized spacial score (nSPS) is 10.3. The van der Waals surface area contributed by atoms with E-state index >= 15 is 4.39 Å². The van der Waals surface area contributed by atoms with Crippen LogP contribution in [0.5, 0.6) is 11.5 Å². The van der Waals surface area contributed by atoms with E-state index in [1.807, 2.05) is 19.1 Å². The zero-order valence-electron chi connectivity index (χ0n) is 17.5. The summed E-state index contributed by atoms with van der Waals surface area (Å²) < 4.78 is 26.0. The summed E-state index contributed by atoms with van der Waals surface area (Å²) in [7, 11) is 0. The van der Waals surface area contributed by atoms with Crippen molar-refractivity contribution in [1.82, 2.24) is 0 Å². The maximum atomic E-state index is 15.1. The predicted octanol–water partition coefficient (Wildman–Crippen LogP) is 7.31. The van der Waals surface area contributed by atoms with Gasteiger partial charge < -0.3 is 9.47 Å². The second-order valence-electron chi connectivity index (χ2n) is 7.05. The van der Waals surface area contributed by atoms with Gasteiger partial charge in [-0.25, -0.2) is 4.39 Å². The highest BCUT2D eigenvalue weighted by Gasteiger charge is 2.18. The van der Waals surface area contributed by atoms with Crippen molar-refractivity contribution in [2.24, 2.45) is 0 Å². The van der Waals surface area contributed by atoms with Gasteiger partial charge in [0.25, 0.3) is 0 Å². The third-order valence-electron chi connectivity index (χ3n) is 4.66. The average molecular weight is 482 g/mol. The van der Waals surface area contributed by atoms with Crippen LogP contribution in [0.4, 0.5) is 4.39 Å². The summed E-state index contributed by atoms with van der Waals surface area (Å²) in [6.07, 6.45) is 1.46. The number of rotatable bonds is 6. The van der Waals surface area contributed by atoms with Crippen molar-refractivity contribution in [3.05, 3.63) is 98.8 Å². The first-order chi connectivity index (χ1) is 15.7. The van der Waals surface area contributed by atoms with Crippen molar-refractivity contribution in [3.8, 4) is 17.6 Å². The number of benzene rings is 3. The molecule has 2 N–H and O–H groups in total. The number of hydrogen-bond donors (Lipinski definition) is 2. The number of hydrogen-bond acceptors (Lipinski definition) is 5. The molecular formula is C25H18Cl2FN3O2. The largest absolute Gasteiger partial charge is 0.453 e. The second-order valence-corrected chi connectivity index (χ2v) is 7.89. The van der Waals surface area contributed by atoms with Crippen LogP contribution in [0.2, 0.25) is 10.0 Å². The lowest BCUT2D eigenvalue weighted by atomic mass is 10.0. The minimum atomic E-state index is -0.785. The molecule has 0 bridgehead atoms. The quantitative estimate of drug-likeness (QED) is 0.285. The fraction of sp³-hybridized carbons (Fsp3) is 0.0800. The van der Waals surface area contributed by atoms with Crippen LogP contribution in [-0.2, 0) is 11.2 Å². The van der Waals surface area contributed by atoms with Crippen LogP contribution in [0.15, 0.2) is 55.1 Å². The van der Waals surface area contributed by atoms with Crippen LogP contribution >= 0.6 is 23.2 Å². The van der Waals surface area contributed by atoms with Crippen LogP contribution < -0.4 is 4.74 Å². The Bertz CT molecular complexity index is 1320. The van der Waals surface area contributed by atoms with Crippen molar-refractivity contribution >= 4 is 41.1 Å². The summed E-state index contributed by atoms with van der Waals surface area (Å²) in [5.74, 6) is -1.45. The van der Waals surface area contributed by atoms with Gasteiger partial charge >= 0.3 is 0 Å². The van der Waals surface area contributed by atoms with Gasteiger partial charge in [0, 0.05) is 16.1 Å². The van der Waals surface area contributed by atoms with Crippen LogP contribution in [-0.4, -0.2) is 11.8 Å². The Morgan fingerprint density at radius 1 is 1.15 bits per heavy atom. The lowest BCUT2D eigenvalue weighted by Gasteiger charge is -2.14. The summed E-state index contributed by atoms with van der Waals surface area (Å²) in [5.41, 5.74) is 2.54. The maximum Gasteiger partial charge on any atom is 0.221 e. The molecule has 3 rings (SSSR count). The predicted molar refractivity (Wildman–Crippen MR) is 128 cm³/mol. The molecule has 0 saturated heterocycles. The van der Waals surface area contributed by atoms with Crippen molar-refractivity contribution in [1.29, 1.82) is 16.1 Å². The molecule has 0 saturated carbocycles. The molecule has 0 fully saturated rings. The molecule has 33 heavy (non-hydrogen) atoms. The lowest BCUT2D eigenvalue weighted by Crippen LogP contribution is -2.16. The van der Waals surface area contributed by atoms with Crippen molar-refractivity contribution < 1.29 is 13.9 Å². The van der Waals surface area contributed by atoms with Gasteiger partial charge in [-0.05, 0) is 48.4 Å². The first-order valence-corrected chi connectivity index (χ1v) is 10.4. The summed E-state index contributed by atoms with van der Waals surface area (Å²) >= 11 is 12.1. The first kappa shape index (κ1) is 24.0. The molecule has 0 atom stereocenters. The van der Waals surface area contributed by atoms with Gasteiger partial charge in [-0.3, -0.25) is 10.8 Å². The van der Waals surface area contributed by atoms with E-state index in [4.69, 9.17) is 48.8 Å². The highest BCUT2D eigenvalue weighted by Crippen LogP contribution is 2.35. The molecule has 5 nitrogen and oxygen atoms in total. The Balaban J connectivity index is 1.78. The summed E-state index contributed by atoms with van der Waals surface area (Å²) in [6.45, 7) is 5.53. The van der Waals surface area contributed by atoms with Crippen LogP contribution in [0.3, 0.4) is 0 Å². The van der Waals surface area contributed by atoms with Gasteiger partial charge in [0.1, 0.15) is 5.75 Å². The fourth-order valence-corrected chi connectivity index (χ4v) is 3.47. The molecule has 0 unspecified atom stereocenters. The molecule has 166 valence electrons. The SMILES string of the molecule is C=Cc1ccc(C(=N)OC(=N)Cc2ccc(Cl)c(Oc3cc(Cl)cc(C#N)c3)c2F)c(C)c1. The summed E-state index contributed by atoms with van der Waals surface area (Å²) in [5, 5.41) is 25.6. The monoisotopic (exact) mass is 481 g/mol. The Hall–Kier alpha value is -3.66. The Morgan fingerprint density at radius 3 is 2.58 bits per heavy atom. The van der Waals surface area contributed by atoms with E-state index in [9.17, 15) is 0 Å². The van der Waals surface area contributed by atoms with E-state index in [2.05, 4.69) is 6.58 Å². The fourth-order valence-electron chi connectivity index (χ4n) is 3.06. The number of ether oxygens (including phenoxy) is 2. The Kier molecular flexibility index (Phi) is 7.49. The molecule has 0 aliphatic heterocycles. The van der Waals surface area contributed by atoms with Gasteiger partial charge in [-0.2, -0.15) is 5.26 Å². The summed E-state index contributed by atoms with van der Waals surface area (Å²) in [6, 6.07) is 14.4. The lowest BCUT2D eigenvalue weighted by molar-refractivity contribution is 0.438. The molecule has 0 aromatic heterocycles. The smallest absolute Gasteiger partial charge is 0.221 e. The minimum absolute atomic E-state index is 0.00728. The Morgan fingerprint density at radius 2 is 1.91 bits per heavy atom. The van der Waals surface area contributed by atoms with Gasteiger partial charge in [0.05, 0.1) is 23.1 Å². The second kappa shape index (κ2) is 10.3. The standard InChI is InChI=1S/C25H18Cl2FN3O2/c1-3-15-4-6-20(14(2)8-15)25(31)33-22(30)11-17-5-7-21(27)24(23(17)28)32-19-10-16(13-29)9-18(26)12-19/h3-10,12,30-31H,1,11H2,2H3. The van der Waals surface area contributed by atoms with E-state index in [1.165, 1.54) is 30.3 Å². The third kappa shape index (κ3) is 5.78. The number of halogens is 3. The molecule has 0 radical (unpaired) electrons. The zero-order chi connectivity index (χ0) is 24.1. The molecular weight excluding hydrogens is 464 g/mol. The van der Waals surface area contributed by atoms with Crippen molar-refractivity contribution in [2.75, 3.05) is 0 Å². The molecule has 0 heterocycles. The molecule has 3 aromatic rings. The van der Waals surface area contributed by atoms with E-state index < -0.39 is 5.82 Å². The van der Waals surface area contributed by atoms with E-state index in [-0.39, 0.29) is 50.9 Å². The molecule has 0 aliphatic carbocycles. The van der Waals surface area contributed by atoms with E-state index in [0.29, 0.717) is 5.56 Å². The van der Waals surface area contributed by atoms with Gasteiger partial charge in [0.15, 0.2) is 17.5 Å². The molecule has 0 aliphatic rings. The average Bonchev–Trinajstić information content (AvgIpc) is 2.77. The van der Waals surface area contributed by atoms with Crippen molar-refractivity contribution in [2.45, 2.75) is 13.3 Å². The van der Waals surface area contributed by atoms with Gasteiger partial charge in [-0.15, -0.1) is 0 Å².